The van der Waals surface area contributed by atoms with Gasteiger partial charge in [-0.15, -0.1) is 0 Å². The average Bonchev–Trinajstić information content (AvgIpc) is 3.24. The van der Waals surface area contributed by atoms with Gasteiger partial charge in [0.25, 0.3) is 0 Å². The lowest BCUT2D eigenvalue weighted by atomic mass is 9.83. The Morgan fingerprint density at radius 2 is 1.90 bits per heavy atom. The fourth-order valence-corrected chi connectivity index (χ4v) is 3.58. The lowest BCUT2D eigenvalue weighted by Gasteiger charge is -2.41. The number of fused-ring (bicyclic) bond motifs is 1. The summed E-state index contributed by atoms with van der Waals surface area (Å²) in [5, 5.41) is 33.6. The van der Waals surface area contributed by atoms with Crippen LogP contribution in [0.1, 0.15) is 12.5 Å². The predicted molar refractivity (Wildman–Crippen MR) is 107 cm³/mol. The molecule has 1 saturated heterocycles. The quantitative estimate of drug-likeness (QED) is 0.358. The summed E-state index contributed by atoms with van der Waals surface area (Å²) in [7, 11) is 1.52. The summed E-state index contributed by atoms with van der Waals surface area (Å²) in [4.78, 5) is 12.6. The highest BCUT2D eigenvalue weighted by atomic mass is 16.7. The molecule has 0 aromatic heterocycles. The van der Waals surface area contributed by atoms with Crippen molar-refractivity contribution in [1.29, 1.82) is 0 Å². The molecule has 1 amide bonds. The van der Waals surface area contributed by atoms with Crippen LogP contribution in [0.2, 0.25) is 0 Å². The van der Waals surface area contributed by atoms with Crippen LogP contribution in [0.4, 0.5) is 0 Å². The molecule has 0 bridgehead atoms. The fraction of sp³-hybridized carbons (Fsp3) is 0.476. The van der Waals surface area contributed by atoms with Crippen molar-refractivity contribution in [3.63, 3.8) is 0 Å². The fourth-order valence-electron chi connectivity index (χ4n) is 3.58. The average molecular weight is 421 g/mol. The zero-order chi connectivity index (χ0) is 21.8. The van der Waals surface area contributed by atoms with Gasteiger partial charge in [0.1, 0.15) is 43.9 Å². The second-order valence-electron chi connectivity index (χ2n) is 7.19. The smallest absolute Gasteiger partial charge is 0.247 e. The normalized spacial score (nSPS) is 31.0. The van der Waals surface area contributed by atoms with E-state index in [0.717, 1.165) is 0 Å². The molecule has 6 atom stereocenters. The van der Waals surface area contributed by atoms with Gasteiger partial charge in [0, 0.05) is 5.57 Å². The van der Waals surface area contributed by atoms with Crippen LogP contribution in [0.15, 0.2) is 36.4 Å². The summed E-state index contributed by atoms with van der Waals surface area (Å²) in [5.41, 5.74) is 1.03. The molecule has 2 aliphatic rings. The van der Waals surface area contributed by atoms with Crippen molar-refractivity contribution in [2.75, 3.05) is 20.5 Å². The molecule has 2 fully saturated rings. The van der Waals surface area contributed by atoms with Crippen LogP contribution in [-0.2, 0) is 14.3 Å². The number of amides is 1. The van der Waals surface area contributed by atoms with E-state index in [1.54, 1.807) is 37.3 Å². The lowest BCUT2D eigenvalue weighted by molar-refractivity contribution is -0.155. The minimum Gasteiger partial charge on any atom is -0.493 e. The number of aliphatic hydroxyl groups excluding tert-OH is 3. The standard InChI is InChI=1S/C21H27NO8/c1-4-7-28-13-6-5-12(9-14(13)27-3)8-11(2)21(26)22-15-16(23)18(25)20-19(17(15)24)29-10-30-20/h4-6,8-9,15-20,23-25H,1,7,10H2,2-3H3,(H,22,26)/b11-8-/t15-,16+,17-,18-,19+,20-/m1/s1. The van der Waals surface area contributed by atoms with Gasteiger partial charge in [0.15, 0.2) is 11.5 Å². The Morgan fingerprint density at radius 3 is 2.57 bits per heavy atom. The molecular weight excluding hydrogens is 394 g/mol. The Balaban J connectivity index is 1.72. The van der Waals surface area contributed by atoms with Gasteiger partial charge in [-0.1, -0.05) is 18.7 Å². The molecule has 4 N–H and O–H groups in total. The summed E-state index contributed by atoms with van der Waals surface area (Å²) >= 11 is 0. The maximum atomic E-state index is 12.6. The van der Waals surface area contributed by atoms with Gasteiger partial charge in [-0.25, -0.2) is 0 Å². The molecule has 1 aliphatic carbocycles. The van der Waals surface area contributed by atoms with E-state index in [0.29, 0.717) is 29.2 Å². The third-order valence-electron chi connectivity index (χ3n) is 5.19. The van der Waals surface area contributed by atoms with E-state index in [-0.39, 0.29) is 6.79 Å². The first kappa shape index (κ1) is 22.3. The van der Waals surface area contributed by atoms with Crippen LogP contribution < -0.4 is 14.8 Å². The molecule has 1 heterocycles. The monoisotopic (exact) mass is 421 g/mol. The van der Waals surface area contributed by atoms with Crippen molar-refractivity contribution < 1.29 is 39.1 Å². The Morgan fingerprint density at radius 1 is 1.20 bits per heavy atom. The van der Waals surface area contributed by atoms with Crippen LogP contribution in [0.5, 0.6) is 11.5 Å². The number of carbonyl (C=O) groups is 1. The highest BCUT2D eigenvalue weighted by molar-refractivity contribution is 5.97. The Kier molecular flexibility index (Phi) is 7.11. The van der Waals surface area contributed by atoms with E-state index in [1.807, 2.05) is 0 Å². The van der Waals surface area contributed by atoms with Gasteiger partial charge >= 0.3 is 0 Å². The molecule has 3 rings (SSSR count). The Hall–Kier alpha value is -2.43. The molecule has 1 aliphatic heterocycles. The van der Waals surface area contributed by atoms with Gasteiger partial charge in [-0.2, -0.15) is 0 Å². The maximum absolute atomic E-state index is 12.6. The van der Waals surface area contributed by atoms with Crippen molar-refractivity contribution in [3.05, 3.63) is 42.0 Å². The topological polar surface area (TPSA) is 127 Å². The van der Waals surface area contributed by atoms with Crippen molar-refractivity contribution in [3.8, 4) is 11.5 Å². The number of rotatable bonds is 7. The molecule has 30 heavy (non-hydrogen) atoms. The number of hydrogen-bond acceptors (Lipinski definition) is 8. The van der Waals surface area contributed by atoms with E-state index in [4.69, 9.17) is 18.9 Å². The summed E-state index contributed by atoms with van der Waals surface area (Å²) in [6.07, 6.45) is -2.33. The molecular formula is C21H27NO8. The van der Waals surface area contributed by atoms with E-state index >= 15 is 0 Å². The number of benzene rings is 1. The van der Waals surface area contributed by atoms with Crippen molar-refractivity contribution in [2.45, 2.75) is 43.5 Å². The van der Waals surface area contributed by atoms with E-state index in [2.05, 4.69) is 11.9 Å². The predicted octanol–water partition coefficient (Wildman–Crippen LogP) is -0.0141. The number of ether oxygens (including phenoxy) is 4. The van der Waals surface area contributed by atoms with Crippen molar-refractivity contribution >= 4 is 12.0 Å². The second kappa shape index (κ2) is 9.59. The SMILES string of the molecule is C=CCOc1ccc(/C=C(/C)C(=O)N[C@@H]2[C@H](O)[C@@H](O)[C@H]3OCO[C@H]3[C@@H]2O)cc1OC. The molecule has 0 radical (unpaired) electrons. The van der Waals surface area contributed by atoms with Gasteiger partial charge in [0.05, 0.1) is 13.2 Å². The van der Waals surface area contributed by atoms with Crippen LogP contribution in [-0.4, -0.2) is 78.3 Å². The summed E-state index contributed by atoms with van der Waals surface area (Å²) < 4.78 is 21.3. The third kappa shape index (κ3) is 4.50. The van der Waals surface area contributed by atoms with Crippen LogP contribution in [0, 0.1) is 0 Å². The van der Waals surface area contributed by atoms with Crippen LogP contribution in [0.3, 0.4) is 0 Å². The number of nitrogens with one attached hydrogen (secondary N) is 1. The first-order valence-electron chi connectivity index (χ1n) is 9.55. The first-order chi connectivity index (χ1) is 14.4. The Bertz CT molecular complexity index is 810. The van der Waals surface area contributed by atoms with Gasteiger partial charge in [-0.05, 0) is 30.7 Å². The molecule has 0 spiro atoms. The van der Waals surface area contributed by atoms with Crippen molar-refractivity contribution in [1.82, 2.24) is 5.32 Å². The lowest BCUT2D eigenvalue weighted by Crippen LogP contribution is -2.67. The molecule has 9 heteroatoms. The second-order valence-corrected chi connectivity index (χ2v) is 7.19. The molecule has 164 valence electrons. The summed E-state index contributed by atoms with van der Waals surface area (Å²) in [5.74, 6) is 0.547. The Labute approximate surface area is 174 Å². The number of aliphatic hydroxyl groups is 3. The van der Waals surface area contributed by atoms with E-state index < -0.39 is 42.5 Å². The van der Waals surface area contributed by atoms with E-state index in [1.165, 1.54) is 7.11 Å². The zero-order valence-electron chi connectivity index (χ0n) is 16.9. The molecule has 9 nitrogen and oxygen atoms in total. The van der Waals surface area contributed by atoms with Crippen LogP contribution >= 0.6 is 0 Å². The largest absolute Gasteiger partial charge is 0.493 e. The highest BCUT2D eigenvalue weighted by Gasteiger charge is 2.53. The van der Waals surface area contributed by atoms with Gasteiger partial charge < -0.3 is 39.6 Å². The maximum Gasteiger partial charge on any atom is 0.247 e. The third-order valence-corrected chi connectivity index (χ3v) is 5.19. The zero-order valence-corrected chi connectivity index (χ0v) is 16.9. The van der Waals surface area contributed by atoms with Crippen molar-refractivity contribution in [2.24, 2.45) is 0 Å². The number of hydrogen-bond donors (Lipinski definition) is 4. The van der Waals surface area contributed by atoms with Gasteiger partial charge in [-0.3, -0.25) is 4.79 Å². The number of methoxy groups -OCH3 is 1. The van der Waals surface area contributed by atoms with Gasteiger partial charge in [0.2, 0.25) is 5.91 Å². The molecule has 1 aromatic carbocycles. The molecule has 1 aromatic rings. The summed E-state index contributed by atoms with van der Waals surface area (Å²) in [6, 6.07) is 4.10. The van der Waals surface area contributed by atoms with Crippen LogP contribution in [0.25, 0.3) is 6.08 Å². The summed E-state index contributed by atoms with van der Waals surface area (Å²) in [6.45, 7) is 5.44. The first-order valence-corrected chi connectivity index (χ1v) is 9.55. The molecule has 1 saturated carbocycles. The minimum absolute atomic E-state index is 0.0931. The number of carbonyl (C=O) groups excluding carboxylic acids is 1. The molecule has 0 unspecified atom stereocenters. The minimum atomic E-state index is -1.40. The van der Waals surface area contributed by atoms with E-state index in [9.17, 15) is 20.1 Å². The highest BCUT2D eigenvalue weighted by Crippen LogP contribution is 2.31.